The molecule has 0 radical (unpaired) electrons. The van der Waals surface area contributed by atoms with E-state index in [1.807, 2.05) is 0 Å². The molecule has 1 aliphatic heterocycles. The quantitative estimate of drug-likeness (QED) is 0.629. The fourth-order valence-electron chi connectivity index (χ4n) is 2.08. The number of aromatic hydroxyl groups is 2. The molecule has 0 spiro atoms. The second-order valence-corrected chi connectivity index (χ2v) is 4.58. The molecule has 0 saturated heterocycles. The van der Waals surface area contributed by atoms with Crippen molar-refractivity contribution in [3.05, 3.63) is 23.3 Å². The molecule has 1 aromatic rings. The first-order valence-corrected chi connectivity index (χ1v) is 5.46. The zero-order valence-corrected chi connectivity index (χ0v) is 9.51. The Morgan fingerprint density at radius 1 is 1.25 bits per heavy atom. The Labute approximate surface area is 94.8 Å². The minimum atomic E-state index is -0.599. The summed E-state index contributed by atoms with van der Waals surface area (Å²) in [6.45, 7) is 5.39. The molecular formula is C12H17NO3. The van der Waals surface area contributed by atoms with Crippen molar-refractivity contribution in [3.63, 3.8) is 0 Å². The molecule has 1 aromatic carbocycles. The Morgan fingerprint density at radius 3 is 2.50 bits per heavy atom. The molecule has 0 aliphatic carbocycles. The van der Waals surface area contributed by atoms with Gasteiger partial charge in [0.05, 0.1) is 6.10 Å². The van der Waals surface area contributed by atoms with Crippen LogP contribution in [0.15, 0.2) is 12.1 Å². The molecule has 0 fully saturated rings. The van der Waals surface area contributed by atoms with Gasteiger partial charge in [0.25, 0.3) is 0 Å². The predicted molar refractivity (Wildman–Crippen MR) is 60.3 cm³/mol. The fourth-order valence-corrected chi connectivity index (χ4v) is 2.08. The molecule has 1 aliphatic rings. The molecule has 0 saturated carbocycles. The summed E-state index contributed by atoms with van der Waals surface area (Å²) < 4.78 is 0. The summed E-state index contributed by atoms with van der Waals surface area (Å²) in [5.41, 5.74) is 1.59. The molecule has 0 amide bonds. The van der Waals surface area contributed by atoms with Crippen molar-refractivity contribution in [2.75, 3.05) is 6.54 Å². The lowest BCUT2D eigenvalue weighted by molar-refractivity contribution is 0.0740. The van der Waals surface area contributed by atoms with E-state index >= 15 is 0 Å². The number of rotatable bonds is 1. The van der Waals surface area contributed by atoms with E-state index in [-0.39, 0.29) is 11.5 Å². The van der Waals surface area contributed by atoms with Crippen molar-refractivity contribution < 1.29 is 15.3 Å². The van der Waals surface area contributed by atoms with Gasteiger partial charge in [0.2, 0.25) is 0 Å². The topological polar surface area (TPSA) is 63.9 Å². The second kappa shape index (κ2) is 3.96. The number of nitrogens with zero attached hydrogens (tertiary/aromatic N) is 1. The van der Waals surface area contributed by atoms with Crippen LogP contribution in [-0.2, 0) is 6.54 Å². The summed E-state index contributed by atoms with van der Waals surface area (Å²) in [6.07, 6.45) is -0.599. The molecule has 1 atom stereocenters. The van der Waals surface area contributed by atoms with E-state index in [0.717, 1.165) is 5.56 Å². The Balaban J connectivity index is 2.39. The number of fused-ring (bicyclic) bond motifs is 1. The van der Waals surface area contributed by atoms with E-state index in [1.165, 1.54) is 12.1 Å². The smallest absolute Gasteiger partial charge is 0.157 e. The number of β-amino-alcohol motifs (C(OH)–C–C–N with tert-alkyl or cyclic N) is 1. The molecule has 2 rings (SSSR count). The molecule has 3 N–H and O–H groups in total. The van der Waals surface area contributed by atoms with Gasteiger partial charge in [0.15, 0.2) is 11.5 Å². The predicted octanol–water partition coefficient (Wildman–Crippen LogP) is 1.36. The van der Waals surface area contributed by atoms with Crippen LogP contribution < -0.4 is 0 Å². The normalized spacial score (nSPS) is 21.1. The van der Waals surface area contributed by atoms with Crippen LogP contribution in [0.1, 0.15) is 31.1 Å². The molecule has 0 aromatic heterocycles. The summed E-state index contributed by atoms with van der Waals surface area (Å²) >= 11 is 0. The minimum absolute atomic E-state index is 0.128. The molecule has 0 bridgehead atoms. The summed E-state index contributed by atoms with van der Waals surface area (Å²) in [6, 6.07) is 3.33. The number of phenols is 2. The standard InChI is InChI=1S/C12H17NO3/c1-7(2)13-5-8-3-10(14)11(15)4-9(8)12(16)6-13/h3-4,7,12,14-16H,5-6H2,1-2H3. The highest BCUT2D eigenvalue weighted by Crippen LogP contribution is 2.35. The van der Waals surface area contributed by atoms with Gasteiger partial charge in [0.1, 0.15) is 0 Å². The largest absolute Gasteiger partial charge is 0.504 e. The lowest BCUT2D eigenvalue weighted by Crippen LogP contribution is -2.38. The maximum Gasteiger partial charge on any atom is 0.157 e. The van der Waals surface area contributed by atoms with Crippen LogP contribution in [-0.4, -0.2) is 32.8 Å². The zero-order valence-electron chi connectivity index (χ0n) is 9.51. The SMILES string of the molecule is CC(C)N1Cc2cc(O)c(O)cc2C(O)C1. The van der Waals surface area contributed by atoms with E-state index in [0.29, 0.717) is 24.7 Å². The zero-order chi connectivity index (χ0) is 11.9. The van der Waals surface area contributed by atoms with Crippen molar-refractivity contribution in [1.82, 2.24) is 4.90 Å². The molecule has 1 heterocycles. The summed E-state index contributed by atoms with van der Waals surface area (Å²) in [7, 11) is 0. The van der Waals surface area contributed by atoms with E-state index < -0.39 is 6.10 Å². The first-order chi connectivity index (χ1) is 7.49. The molecule has 88 valence electrons. The van der Waals surface area contributed by atoms with Crippen LogP contribution in [0.2, 0.25) is 0 Å². The van der Waals surface area contributed by atoms with Gasteiger partial charge in [-0.25, -0.2) is 0 Å². The summed E-state index contributed by atoms with van der Waals surface area (Å²) in [5.74, 6) is -0.299. The highest BCUT2D eigenvalue weighted by Gasteiger charge is 2.26. The lowest BCUT2D eigenvalue weighted by atomic mass is 9.96. The third-order valence-corrected chi connectivity index (χ3v) is 3.11. The highest BCUT2D eigenvalue weighted by molar-refractivity contribution is 5.47. The van der Waals surface area contributed by atoms with Gasteiger partial charge in [-0.3, -0.25) is 4.90 Å². The van der Waals surface area contributed by atoms with E-state index in [4.69, 9.17) is 0 Å². The van der Waals surface area contributed by atoms with E-state index in [1.54, 1.807) is 0 Å². The number of hydrogen-bond acceptors (Lipinski definition) is 4. The molecule has 1 unspecified atom stereocenters. The van der Waals surface area contributed by atoms with Crippen molar-refractivity contribution in [2.24, 2.45) is 0 Å². The van der Waals surface area contributed by atoms with Gasteiger partial charge in [-0.2, -0.15) is 0 Å². The highest BCUT2D eigenvalue weighted by atomic mass is 16.3. The number of aliphatic hydroxyl groups excluding tert-OH is 1. The number of hydrogen-bond donors (Lipinski definition) is 3. The Morgan fingerprint density at radius 2 is 1.88 bits per heavy atom. The molecular weight excluding hydrogens is 206 g/mol. The number of benzene rings is 1. The summed E-state index contributed by atoms with van der Waals surface area (Å²) in [4.78, 5) is 2.13. The maximum absolute atomic E-state index is 9.96. The molecule has 16 heavy (non-hydrogen) atoms. The van der Waals surface area contributed by atoms with Crippen LogP contribution in [0.3, 0.4) is 0 Å². The van der Waals surface area contributed by atoms with Gasteiger partial charge in [-0.15, -0.1) is 0 Å². The van der Waals surface area contributed by atoms with Crippen LogP contribution in [0.5, 0.6) is 11.5 Å². The van der Waals surface area contributed by atoms with Crippen LogP contribution in [0, 0.1) is 0 Å². The number of aliphatic hydroxyl groups is 1. The van der Waals surface area contributed by atoms with E-state index in [9.17, 15) is 15.3 Å². The van der Waals surface area contributed by atoms with Crippen molar-refractivity contribution in [3.8, 4) is 11.5 Å². The van der Waals surface area contributed by atoms with Crippen molar-refractivity contribution >= 4 is 0 Å². The maximum atomic E-state index is 9.96. The van der Waals surface area contributed by atoms with Gasteiger partial charge in [-0.05, 0) is 37.1 Å². The fraction of sp³-hybridized carbons (Fsp3) is 0.500. The van der Waals surface area contributed by atoms with Gasteiger partial charge in [0, 0.05) is 19.1 Å². The Hall–Kier alpha value is -1.26. The van der Waals surface area contributed by atoms with Crippen LogP contribution in [0.4, 0.5) is 0 Å². The number of phenolic OH excluding ortho intramolecular Hbond substituents is 2. The first-order valence-electron chi connectivity index (χ1n) is 5.46. The second-order valence-electron chi connectivity index (χ2n) is 4.58. The van der Waals surface area contributed by atoms with Crippen molar-refractivity contribution in [2.45, 2.75) is 32.5 Å². The van der Waals surface area contributed by atoms with Crippen LogP contribution >= 0.6 is 0 Å². The first kappa shape index (κ1) is 11.2. The molecule has 4 heteroatoms. The van der Waals surface area contributed by atoms with E-state index in [2.05, 4.69) is 18.7 Å². The third-order valence-electron chi connectivity index (χ3n) is 3.11. The lowest BCUT2D eigenvalue weighted by Gasteiger charge is -2.35. The van der Waals surface area contributed by atoms with Gasteiger partial charge >= 0.3 is 0 Å². The Kier molecular flexibility index (Phi) is 2.78. The monoisotopic (exact) mass is 223 g/mol. The van der Waals surface area contributed by atoms with Gasteiger partial charge < -0.3 is 15.3 Å². The summed E-state index contributed by atoms with van der Waals surface area (Å²) in [5, 5.41) is 28.8. The van der Waals surface area contributed by atoms with Crippen molar-refractivity contribution in [1.29, 1.82) is 0 Å². The third kappa shape index (κ3) is 1.86. The average molecular weight is 223 g/mol. The minimum Gasteiger partial charge on any atom is -0.504 e. The van der Waals surface area contributed by atoms with Gasteiger partial charge in [-0.1, -0.05) is 0 Å². The average Bonchev–Trinajstić information content (AvgIpc) is 2.20. The molecule has 4 nitrogen and oxygen atoms in total. The Bertz CT molecular complexity index is 403. The van der Waals surface area contributed by atoms with Crippen LogP contribution in [0.25, 0.3) is 0 Å².